The van der Waals surface area contributed by atoms with Gasteiger partial charge in [-0.25, -0.2) is 0 Å². The highest BCUT2D eigenvalue weighted by atomic mass is 32.2. The first-order valence-corrected chi connectivity index (χ1v) is 6.63. The van der Waals surface area contributed by atoms with Crippen molar-refractivity contribution in [2.75, 3.05) is 5.75 Å². The van der Waals surface area contributed by atoms with Crippen LogP contribution >= 0.6 is 0 Å². The van der Waals surface area contributed by atoms with Gasteiger partial charge in [0.05, 0.1) is 22.2 Å². The second-order valence-corrected chi connectivity index (χ2v) is 5.37. The van der Waals surface area contributed by atoms with Gasteiger partial charge in [0, 0.05) is 12.1 Å². The lowest BCUT2D eigenvalue weighted by molar-refractivity contribution is -0.422. The molecule has 9 nitrogen and oxygen atoms in total. The van der Waals surface area contributed by atoms with Gasteiger partial charge in [-0.1, -0.05) is 0 Å². The molecule has 0 atom stereocenters. The highest BCUT2D eigenvalue weighted by Crippen LogP contribution is 2.27. The van der Waals surface area contributed by atoms with Crippen molar-refractivity contribution < 1.29 is 22.4 Å². The molecule has 0 N–H and O–H groups in total. The third-order valence-electron chi connectivity index (χ3n) is 2.19. The van der Waals surface area contributed by atoms with Crippen molar-refractivity contribution in [1.29, 1.82) is 0 Å². The van der Waals surface area contributed by atoms with Crippen molar-refractivity contribution >= 4 is 21.5 Å². The molecular formula is C9H10N2O7S. The van der Waals surface area contributed by atoms with Crippen LogP contribution in [0.1, 0.15) is 12.5 Å². The molecule has 1 aromatic carbocycles. The number of nitrogens with zero attached hydrogens (tertiary/aromatic N) is 2. The summed E-state index contributed by atoms with van der Waals surface area (Å²) in [6.07, 6.45) is 0. The molecule has 0 saturated heterocycles. The quantitative estimate of drug-likeness (QED) is 0.439. The minimum absolute atomic E-state index is 0.161. The van der Waals surface area contributed by atoms with Gasteiger partial charge in [-0.3, -0.25) is 24.4 Å². The SMILES string of the molecule is CCS(=O)(=O)OCc1ccc([N+](=O)[O-])c([N+](=O)[O-])c1. The summed E-state index contributed by atoms with van der Waals surface area (Å²) in [7, 11) is -3.68. The van der Waals surface area contributed by atoms with Crippen LogP contribution in [0.2, 0.25) is 0 Å². The van der Waals surface area contributed by atoms with E-state index in [-0.39, 0.29) is 11.3 Å². The van der Waals surface area contributed by atoms with E-state index in [9.17, 15) is 28.6 Å². The van der Waals surface area contributed by atoms with Gasteiger partial charge in [0.2, 0.25) is 0 Å². The summed E-state index contributed by atoms with van der Waals surface area (Å²) in [6.45, 7) is 0.975. The highest BCUT2D eigenvalue weighted by Gasteiger charge is 2.24. The van der Waals surface area contributed by atoms with E-state index in [4.69, 9.17) is 0 Å². The maximum Gasteiger partial charge on any atom is 0.346 e. The molecule has 0 radical (unpaired) electrons. The molecule has 1 rings (SSSR count). The van der Waals surface area contributed by atoms with Crippen molar-refractivity contribution in [3.05, 3.63) is 44.0 Å². The predicted octanol–water partition coefficient (Wildman–Crippen LogP) is 1.37. The van der Waals surface area contributed by atoms with Crippen LogP contribution in [0.4, 0.5) is 11.4 Å². The Morgan fingerprint density at radius 3 is 2.21 bits per heavy atom. The summed E-state index contributed by atoms with van der Waals surface area (Å²) in [5.41, 5.74) is -1.21. The van der Waals surface area contributed by atoms with Gasteiger partial charge in [0.25, 0.3) is 10.1 Å². The molecule has 0 amide bonds. The minimum Gasteiger partial charge on any atom is -0.265 e. The second-order valence-electron chi connectivity index (χ2n) is 3.45. The van der Waals surface area contributed by atoms with Crippen molar-refractivity contribution in [1.82, 2.24) is 0 Å². The van der Waals surface area contributed by atoms with Crippen molar-refractivity contribution in [2.24, 2.45) is 0 Å². The average molecular weight is 290 g/mol. The molecule has 10 heteroatoms. The Hall–Kier alpha value is -2.07. The van der Waals surface area contributed by atoms with Gasteiger partial charge in [-0.05, 0) is 18.6 Å². The van der Waals surface area contributed by atoms with Crippen LogP contribution < -0.4 is 0 Å². The molecule has 0 bridgehead atoms. The van der Waals surface area contributed by atoms with Crippen LogP contribution in [0.25, 0.3) is 0 Å². The Kier molecular flexibility index (Phi) is 4.51. The van der Waals surface area contributed by atoms with Gasteiger partial charge in [-0.2, -0.15) is 8.42 Å². The van der Waals surface area contributed by atoms with E-state index in [1.807, 2.05) is 0 Å². The predicted molar refractivity (Wildman–Crippen MR) is 64.0 cm³/mol. The second kappa shape index (κ2) is 5.71. The fourth-order valence-electron chi connectivity index (χ4n) is 1.20. The first-order valence-electron chi connectivity index (χ1n) is 5.05. The molecule has 0 spiro atoms. The van der Waals surface area contributed by atoms with Crippen molar-refractivity contribution in [2.45, 2.75) is 13.5 Å². The van der Waals surface area contributed by atoms with Crippen LogP contribution in [0.5, 0.6) is 0 Å². The van der Waals surface area contributed by atoms with Crippen LogP contribution in [-0.4, -0.2) is 24.0 Å². The van der Waals surface area contributed by atoms with Gasteiger partial charge in [-0.15, -0.1) is 0 Å². The number of benzene rings is 1. The molecule has 0 fully saturated rings. The van der Waals surface area contributed by atoms with Gasteiger partial charge >= 0.3 is 11.4 Å². The highest BCUT2D eigenvalue weighted by molar-refractivity contribution is 7.86. The Labute approximate surface area is 108 Å². The van der Waals surface area contributed by atoms with Gasteiger partial charge in [0.1, 0.15) is 0 Å². The maximum absolute atomic E-state index is 11.1. The van der Waals surface area contributed by atoms with Crippen LogP contribution in [0.15, 0.2) is 18.2 Å². The molecule has 0 aliphatic carbocycles. The van der Waals surface area contributed by atoms with E-state index in [2.05, 4.69) is 4.18 Å². The van der Waals surface area contributed by atoms with Crippen LogP contribution in [-0.2, 0) is 20.9 Å². The lowest BCUT2D eigenvalue weighted by atomic mass is 10.2. The van der Waals surface area contributed by atoms with Gasteiger partial charge in [0.15, 0.2) is 0 Å². The Balaban J connectivity index is 3.03. The first-order chi connectivity index (χ1) is 8.76. The smallest absolute Gasteiger partial charge is 0.265 e. The fourth-order valence-corrected chi connectivity index (χ4v) is 1.68. The summed E-state index contributed by atoms with van der Waals surface area (Å²) >= 11 is 0. The third kappa shape index (κ3) is 3.96. The molecule has 19 heavy (non-hydrogen) atoms. The average Bonchev–Trinajstić information content (AvgIpc) is 2.36. The summed E-state index contributed by atoms with van der Waals surface area (Å²) in [5, 5.41) is 21.3. The zero-order chi connectivity index (χ0) is 14.6. The van der Waals surface area contributed by atoms with E-state index in [1.54, 1.807) is 0 Å². The Morgan fingerprint density at radius 1 is 1.16 bits per heavy atom. The van der Waals surface area contributed by atoms with E-state index < -0.39 is 37.9 Å². The molecule has 0 saturated carbocycles. The zero-order valence-corrected chi connectivity index (χ0v) is 10.6. The summed E-state index contributed by atoms with van der Waals surface area (Å²) in [4.78, 5) is 19.5. The number of hydrogen-bond donors (Lipinski definition) is 0. The summed E-state index contributed by atoms with van der Waals surface area (Å²) < 4.78 is 26.8. The summed E-state index contributed by atoms with van der Waals surface area (Å²) in [5.74, 6) is -0.234. The lowest BCUT2D eigenvalue weighted by Crippen LogP contribution is -2.08. The van der Waals surface area contributed by atoms with Crippen LogP contribution in [0.3, 0.4) is 0 Å². The Morgan fingerprint density at radius 2 is 1.74 bits per heavy atom. The number of hydrogen-bond acceptors (Lipinski definition) is 7. The van der Waals surface area contributed by atoms with Gasteiger partial charge < -0.3 is 0 Å². The standard InChI is InChI=1S/C9H10N2O7S/c1-2-19(16,17)18-6-7-3-4-8(10(12)13)9(5-7)11(14)15/h3-5H,2,6H2,1H3. The molecule has 0 unspecified atom stereocenters. The van der Waals surface area contributed by atoms with E-state index >= 15 is 0 Å². The molecular weight excluding hydrogens is 280 g/mol. The Bertz CT molecular complexity index is 611. The first kappa shape index (κ1) is 15.0. The summed E-state index contributed by atoms with van der Waals surface area (Å²) in [6, 6.07) is 3.06. The van der Waals surface area contributed by atoms with Crippen molar-refractivity contribution in [3.63, 3.8) is 0 Å². The topological polar surface area (TPSA) is 130 Å². The van der Waals surface area contributed by atoms with Crippen molar-refractivity contribution in [3.8, 4) is 0 Å². The minimum atomic E-state index is -3.68. The molecule has 0 aliphatic heterocycles. The van der Waals surface area contributed by atoms with Crippen LogP contribution in [0, 0.1) is 20.2 Å². The number of nitro groups is 2. The number of nitro benzene ring substituents is 2. The largest absolute Gasteiger partial charge is 0.346 e. The normalized spacial score (nSPS) is 11.2. The monoisotopic (exact) mass is 290 g/mol. The van der Waals surface area contributed by atoms with E-state index in [0.29, 0.717) is 0 Å². The lowest BCUT2D eigenvalue weighted by Gasteiger charge is -2.03. The zero-order valence-electron chi connectivity index (χ0n) is 9.81. The third-order valence-corrected chi connectivity index (χ3v) is 3.38. The maximum atomic E-state index is 11.1. The van der Waals surface area contributed by atoms with E-state index in [0.717, 1.165) is 12.1 Å². The molecule has 0 heterocycles. The molecule has 0 aromatic heterocycles. The fraction of sp³-hybridized carbons (Fsp3) is 0.333. The van der Waals surface area contributed by atoms with E-state index in [1.165, 1.54) is 13.0 Å². The molecule has 104 valence electrons. The number of rotatable bonds is 6. The molecule has 1 aromatic rings. The molecule has 0 aliphatic rings.